The molecule has 7 heteroatoms. The predicted molar refractivity (Wildman–Crippen MR) is 124 cm³/mol. The Kier molecular flexibility index (Phi) is 5.51. The molecule has 0 aliphatic heterocycles. The van der Waals surface area contributed by atoms with Gasteiger partial charge in [-0.15, -0.1) is 11.3 Å². The van der Waals surface area contributed by atoms with Crippen LogP contribution >= 0.6 is 11.3 Å². The average Bonchev–Trinajstić information content (AvgIpc) is 3.12. The zero-order valence-electron chi connectivity index (χ0n) is 16.5. The molecule has 1 aromatic heterocycles. The van der Waals surface area contributed by atoms with Gasteiger partial charge in [-0.1, -0.05) is 60.2 Å². The largest absolute Gasteiger partial charge is 0.508 e. The molecule has 4 rings (SSSR count). The molecule has 2 N–H and O–H groups in total. The van der Waals surface area contributed by atoms with Crippen molar-refractivity contribution in [1.82, 2.24) is 0 Å². The minimum absolute atomic E-state index is 0.0633. The number of rotatable bonds is 5. The van der Waals surface area contributed by atoms with Crippen molar-refractivity contribution in [3.05, 3.63) is 89.3 Å². The summed E-state index contributed by atoms with van der Waals surface area (Å²) in [7, 11) is -3.86. The average molecular weight is 447 g/mol. The molecule has 0 bridgehead atoms. The quantitative estimate of drug-likeness (QED) is 0.407. The molecule has 0 amide bonds. The third kappa shape index (κ3) is 4.17. The van der Waals surface area contributed by atoms with Gasteiger partial charge in [0, 0.05) is 11.1 Å². The molecule has 0 atom stereocenters. The van der Waals surface area contributed by atoms with Gasteiger partial charge < -0.3 is 5.11 Å². The Labute approximate surface area is 184 Å². The maximum Gasteiger partial charge on any atom is 0.262 e. The molecule has 0 saturated carbocycles. The topological polar surface area (TPSA) is 90.2 Å². The van der Waals surface area contributed by atoms with Crippen LogP contribution in [0.4, 0.5) is 5.00 Å². The fourth-order valence-electron chi connectivity index (χ4n) is 3.30. The van der Waals surface area contributed by atoms with Crippen LogP contribution in [0.5, 0.6) is 5.75 Å². The van der Waals surface area contributed by atoms with Gasteiger partial charge in [0.1, 0.15) is 21.7 Å². The lowest BCUT2D eigenvalue weighted by molar-refractivity contribution is 0.475. The third-order valence-corrected chi connectivity index (χ3v) is 7.27. The SMILES string of the molecule is Cc1ccc(S(=O)(=O)Nc2sc(C#N)c(-c3cccc(O)c3)c2-c2ccccc2)cc1. The number of sulfonamides is 1. The number of hydrogen-bond donors (Lipinski definition) is 2. The fraction of sp³-hybridized carbons (Fsp3) is 0.0417. The van der Waals surface area contributed by atoms with Gasteiger partial charge in [0.05, 0.1) is 4.90 Å². The number of nitrogens with zero attached hydrogens (tertiary/aromatic N) is 1. The van der Waals surface area contributed by atoms with E-state index < -0.39 is 10.0 Å². The van der Waals surface area contributed by atoms with Crippen molar-refractivity contribution in [2.24, 2.45) is 0 Å². The minimum Gasteiger partial charge on any atom is -0.508 e. The zero-order valence-corrected chi connectivity index (χ0v) is 18.2. The number of thiophene rings is 1. The molecule has 154 valence electrons. The molecule has 1 heterocycles. The Morgan fingerprint density at radius 2 is 1.58 bits per heavy atom. The Morgan fingerprint density at radius 1 is 0.903 bits per heavy atom. The Balaban J connectivity index is 1.93. The van der Waals surface area contributed by atoms with Crippen LogP contribution in [0.15, 0.2) is 83.8 Å². The van der Waals surface area contributed by atoms with Gasteiger partial charge in [-0.3, -0.25) is 4.72 Å². The zero-order chi connectivity index (χ0) is 22.0. The molecular weight excluding hydrogens is 428 g/mol. The molecule has 0 spiro atoms. The molecule has 0 fully saturated rings. The molecule has 0 saturated heterocycles. The maximum absolute atomic E-state index is 13.1. The van der Waals surface area contributed by atoms with Gasteiger partial charge in [0.15, 0.2) is 0 Å². The number of aryl methyl sites for hydroxylation is 1. The lowest BCUT2D eigenvalue weighted by Crippen LogP contribution is -2.12. The molecule has 0 aliphatic rings. The van der Waals surface area contributed by atoms with Gasteiger partial charge in [-0.05, 0) is 42.3 Å². The Hall–Kier alpha value is -3.60. The van der Waals surface area contributed by atoms with Crippen LogP contribution in [0.1, 0.15) is 10.4 Å². The standard InChI is InChI=1S/C24H18N2O3S2/c1-16-10-12-20(13-11-16)31(28,29)26-24-23(17-6-3-2-4-7-17)22(21(15-25)30-24)18-8-5-9-19(27)14-18/h2-14,26-27H,1H3. The van der Waals surface area contributed by atoms with Crippen LogP contribution in [0.2, 0.25) is 0 Å². The fourth-order valence-corrected chi connectivity index (χ4v) is 5.65. The van der Waals surface area contributed by atoms with Crippen molar-refractivity contribution < 1.29 is 13.5 Å². The van der Waals surface area contributed by atoms with Crippen molar-refractivity contribution >= 4 is 26.4 Å². The minimum atomic E-state index is -3.86. The summed E-state index contributed by atoms with van der Waals surface area (Å²) in [5, 5.41) is 20.1. The van der Waals surface area contributed by atoms with Crippen molar-refractivity contribution in [1.29, 1.82) is 5.26 Å². The first-order valence-corrected chi connectivity index (χ1v) is 11.7. The van der Waals surface area contributed by atoms with Crippen molar-refractivity contribution in [3.63, 3.8) is 0 Å². The summed E-state index contributed by atoms with van der Waals surface area (Å²) in [5.74, 6) is 0.0633. The van der Waals surface area contributed by atoms with E-state index in [-0.39, 0.29) is 10.6 Å². The van der Waals surface area contributed by atoms with E-state index >= 15 is 0 Å². The lowest BCUT2D eigenvalue weighted by atomic mass is 9.96. The van der Waals surface area contributed by atoms with Crippen LogP contribution in [0.3, 0.4) is 0 Å². The number of hydrogen-bond acceptors (Lipinski definition) is 5. The van der Waals surface area contributed by atoms with E-state index in [4.69, 9.17) is 0 Å². The molecule has 0 aliphatic carbocycles. The number of aromatic hydroxyl groups is 1. The monoisotopic (exact) mass is 446 g/mol. The summed E-state index contributed by atoms with van der Waals surface area (Å²) in [4.78, 5) is 0.494. The summed E-state index contributed by atoms with van der Waals surface area (Å²) in [6, 6.07) is 24.6. The number of nitrogens with one attached hydrogen (secondary N) is 1. The highest BCUT2D eigenvalue weighted by Gasteiger charge is 2.25. The number of nitriles is 1. The summed E-state index contributed by atoms with van der Waals surface area (Å²) in [6.45, 7) is 1.89. The van der Waals surface area contributed by atoms with Gasteiger partial charge in [-0.2, -0.15) is 5.26 Å². The summed E-state index contributed by atoms with van der Waals surface area (Å²) in [5.41, 5.74) is 3.53. The lowest BCUT2D eigenvalue weighted by Gasteiger charge is -2.11. The second-order valence-corrected chi connectivity index (χ2v) is 9.66. The molecule has 0 unspecified atom stereocenters. The number of phenolic OH excluding ortho intramolecular Hbond substituents is 1. The first-order valence-electron chi connectivity index (χ1n) is 9.40. The first kappa shape index (κ1) is 20.7. The van der Waals surface area contributed by atoms with Gasteiger partial charge >= 0.3 is 0 Å². The molecule has 4 aromatic rings. The van der Waals surface area contributed by atoms with E-state index in [2.05, 4.69) is 10.8 Å². The summed E-state index contributed by atoms with van der Waals surface area (Å²) >= 11 is 1.07. The Bertz CT molecular complexity index is 1390. The van der Waals surface area contributed by atoms with E-state index in [1.54, 1.807) is 48.5 Å². The van der Waals surface area contributed by atoms with Gasteiger partial charge in [0.2, 0.25) is 0 Å². The van der Waals surface area contributed by atoms with Crippen molar-refractivity contribution in [2.45, 2.75) is 11.8 Å². The number of phenols is 1. The maximum atomic E-state index is 13.1. The summed E-state index contributed by atoms with van der Waals surface area (Å²) in [6.07, 6.45) is 0. The van der Waals surface area contributed by atoms with Crippen LogP contribution < -0.4 is 4.72 Å². The van der Waals surface area contributed by atoms with Crippen molar-refractivity contribution in [2.75, 3.05) is 4.72 Å². The highest BCUT2D eigenvalue weighted by atomic mass is 32.2. The van der Waals surface area contributed by atoms with Crippen LogP contribution in [0, 0.1) is 18.3 Å². The highest BCUT2D eigenvalue weighted by molar-refractivity contribution is 7.93. The van der Waals surface area contributed by atoms with E-state index in [0.29, 0.717) is 26.6 Å². The molecule has 31 heavy (non-hydrogen) atoms. The molecular formula is C24H18N2O3S2. The van der Waals surface area contributed by atoms with Crippen molar-refractivity contribution in [3.8, 4) is 34.1 Å². The number of benzene rings is 3. The van der Waals surface area contributed by atoms with E-state index in [9.17, 15) is 18.8 Å². The van der Waals surface area contributed by atoms with Crippen LogP contribution in [-0.4, -0.2) is 13.5 Å². The Morgan fingerprint density at radius 3 is 2.23 bits per heavy atom. The number of anilines is 1. The van der Waals surface area contributed by atoms with E-state index in [1.165, 1.54) is 0 Å². The third-order valence-electron chi connectivity index (χ3n) is 4.77. The van der Waals surface area contributed by atoms with E-state index in [1.807, 2.05) is 37.3 Å². The van der Waals surface area contributed by atoms with Crippen LogP contribution in [-0.2, 0) is 10.0 Å². The summed E-state index contributed by atoms with van der Waals surface area (Å²) < 4.78 is 28.8. The van der Waals surface area contributed by atoms with Gasteiger partial charge in [0.25, 0.3) is 10.0 Å². The molecule has 0 radical (unpaired) electrons. The van der Waals surface area contributed by atoms with Gasteiger partial charge in [-0.25, -0.2) is 8.42 Å². The second kappa shape index (κ2) is 8.26. The molecule has 3 aromatic carbocycles. The highest BCUT2D eigenvalue weighted by Crippen LogP contribution is 2.47. The smallest absolute Gasteiger partial charge is 0.262 e. The second-order valence-electron chi connectivity index (χ2n) is 6.96. The normalized spacial score (nSPS) is 11.1. The van der Waals surface area contributed by atoms with Crippen LogP contribution in [0.25, 0.3) is 22.3 Å². The molecule has 5 nitrogen and oxygen atoms in total. The predicted octanol–water partition coefficient (Wildman–Crippen LogP) is 5.77. The van der Waals surface area contributed by atoms with E-state index in [0.717, 1.165) is 22.5 Å². The first-order chi connectivity index (χ1) is 14.9.